The molecule has 0 saturated carbocycles. The highest BCUT2D eigenvalue weighted by molar-refractivity contribution is 7.10. The Morgan fingerprint density at radius 3 is 2.48 bits per heavy atom. The van der Waals surface area contributed by atoms with E-state index >= 15 is 0 Å². The molecule has 1 aromatic carbocycles. The van der Waals surface area contributed by atoms with Crippen LogP contribution in [-0.4, -0.2) is 12.1 Å². The minimum atomic E-state index is -0.172. The van der Waals surface area contributed by atoms with Crippen molar-refractivity contribution in [2.75, 3.05) is 5.32 Å². The normalized spacial score (nSPS) is 12.2. The lowest BCUT2D eigenvalue weighted by molar-refractivity contribution is 0.250. The number of carbonyl (C=O) groups is 1. The predicted octanol–water partition coefficient (Wildman–Crippen LogP) is 4.52. The van der Waals surface area contributed by atoms with E-state index in [0.29, 0.717) is 6.04 Å². The zero-order chi connectivity index (χ0) is 16.7. The van der Waals surface area contributed by atoms with Crippen molar-refractivity contribution in [1.82, 2.24) is 10.6 Å². The number of nitrogens with one attached hydrogen (secondary N) is 3. The van der Waals surface area contributed by atoms with Crippen molar-refractivity contribution < 1.29 is 4.79 Å². The van der Waals surface area contributed by atoms with Gasteiger partial charge in [-0.05, 0) is 49.4 Å². The van der Waals surface area contributed by atoms with Gasteiger partial charge in [0.05, 0.1) is 0 Å². The van der Waals surface area contributed by atoms with E-state index in [9.17, 15) is 4.79 Å². The van der Waals surface area contributed by atoms with E-state index in [2.05, 4.69) is 40.4 Å². The Morgan fingerprint density at radius 1 is 1.17 bits per heavy atom. The van der Waals surface area contributed by atoms with Gasteiger partial charge in [0.1, 0.15) is 0 Å². The molecule has 1 heterocycles. The molecule has 0 saturated heterocycles. The van der Waals surface area contributed by atoms with Crippen molar-refractivity contribution in [3.05, 3.63) is 52.2 Å². The van der Waals surface area contributed by atoms with Crippen LogP contribution in [0.2, 0.25) is 0 Å². The van der Waals surface area contributed by atoms with Gasteiger partial charge in [0.2, 0.25) is 0 Å². The molecular weight excluding hydrogens is 306 g/mol. The standard InChI is InChI=1S/C18H25N3OS/c1-4-16(17-6-5-11-23-17)19-12-14-7-9-15(10-8-14)21-18(22)20-13(2)3/h5-11,13,16,19H,4,12H2,1-3H3,(H2,20,21,22)/t16-/m1/s1. The van der Waals surface area contributed by atoms with Crippen molar-refractivity contribution in [2.24, 2.45) is 0 Å². The minimum absolute atomic E-state index is 0.127. The fourth-order valence-corrected chi connectivity index (χ4v) is 3.20. The lowest BCUT2D eigenvalue weighted by Crippen LogP contribution is -2.34. The predicted molar refractivity (Wildman–Crippen MR) is 97.9 cm³/mol. The third-order valence-corrected chi connectivity index (χ3v) is 4.47. The van der Waals surface area contributed by atoms with E-state index in [-0.39, 0.29) is 12.1 Å². The Kier molecular flexibility index (Phi) is 6.62. The zero-order valence-electron chi connectivity index (χ0n) is 13.9. The number of rotatable bonds is 7. The van der Waals surface area contributed by atoms with E-state index < -0.39 is 0 Å². The number of amides is 2. The maximum atomic E-state index is 11.7. The van der Waals surface area contributed by atoms with Crippen LogP contribution >= 0.6 is 11.3 Å². The number of carbonyl (C=O) groups excluding carboxylic acids is 1. The summed E-state index contributed by atoms with van der Waals surface area (Å²) in [5.41, 5.74) is 2.01. The van der Waals surface area contributed by atoms with Crippen LogP contribution in [0.3, 0.4) is 0 Å². The highest BCUT2D eigenvalue weighted by Gasteiger charge is 2.09. The Bertz CT molecular complexity index is 593. The summed E-state index contributed by atoms with van der Waals surface area (Å²) in [6.07, 6.45) is 1.07. The van der Waals surface area contributed by atoms with Crippen LogP contribution in [0.4, 0.5) is 10.5 Å². The molecule has 0 aliphatic heterocycles. The summed E-state index contributed by atoms with van der Waals surface area (Å²) in [7, 11) is 0. The molecule has 1 atom stereocenters. The molecule has 0 aliphatic carbocycles. The van der Waals surface area contributed by atoms with Crippen LogP contribution in [0.25, 0.3) is 0 Å². The fraction of sp³-hybridized carbons (Fsp3) is 0.389. The van der Waals surface area contributed by atoms with Crippen molar-refractivity contribution in [1.29, 1.82) is 0 Å². The molecule has 1 aromatic heterocycles. The third kappa shape index (κ3) is 5.69. The molecule has 3 N–H and O–H groups in total. The van der Waals surface area contributed by atoms with E-state index in [4.69, 9.17) is 0 Å². The number of hydrogen-bond donors (Lipinski definition) is 3. The zero-order valence-corrected chi connectivity index (χ0v) is 14.7. The molecule has 0 radical (unpaired) electrons. The van der Waals surface area contributed by atoms with Crippen LogP contribution < -0.4 is 16.0 Å². The molecule has 124 valence electrons. The molecule has 23 heavy (non-hydrogen) atoms. The molecule has 2 amide bonds. The van der Waals surface area contributed by atoms with Gasteiger partial charge in [-0.3, -0.25) is 0 Å². The highest BCUT2D eigenvalue weighted by atomic mass is 32.1. The monoisotopic (exact) mass is 331 g/mol. The third-order valence-electron chi connectivity index (χ3n) is 3.48. The van der Waals surface area contributed by atoms with Gasteiger partial charge in [0, 0.05) is 29.2 Å². The average Bonchev–Trinajstić information content (AvgIpc) is 3.03. The van der Waals surface area contributed by atoms with E-state index in [1.165, 1.54) is 10.4 Å². The summed E-state index contributed by atoms with van der Waals surface area (Å²) >= 11 is 1.79. The first-order valence-corrected chi connectivity index (χ1v) is 8.89. The number of hydrogen-bond acceptors (Lipinski definition) is 3. The Hall–Kier alpha value is -1.85. The van der Waals surface area contributed by atoms with Crippen molar-refractivity contribution in [3.8, 4) is 0 Å². The van der Waals surface area contributed by atoms with Gasteiger partial charge in [-0.1, -0.05) is 25.1 Å². The smallest absolute Gasteiger partial charge is 0.319 e. The summed E-state index contributed by atoms with van der Waals surface area (Å²) in [4.78, 5) is 13.0. The van der Waals surface area contributed by atoms with Crippen molar-refractivity contribution in [3.63, 3.8) is 0 Å². The molecule has 5 heteroatoms. The number of anilines is 1. The van der Waals surface area contributed by atoms with Crippen LogP contribution in [-0.2, 0) is 6.54 Å². The van der Waals surface area contributed by atoms with Gasteiger partial charge in [-0.15, -0.1) is 11.3 Å². The van der Waals surface area contributed by atoms with Gasteiger partial charge >= 0.3 is 6.03 Å². The van der Waals surface area contributed by atoms with Crippen LogP contribution in [0.15, 0.2) is 41.8 Å². The van der Waals surface area contributed by atoms with Crippen LogP contribution in [0, 0.1) is 0 Å². The lowest BCUT2D eigenvalue weighted by atomic mass is 10.1. The van der Waals surface area contributed by atoms with E-state index in [1.54, 1.807) is 11.3 Å². The Labute approximate surface area is 142 Å². The first-order valence-electron chi connectivity index (χ1n) is 8.01. The molecular formula is C18H25N3OS. The molecule has 2 aromatic rings. The molecule has 0 bridgehead atoms. The molecule has 0 aliphatic rings. The molecule has 0 fully saturated rings. The summed E-state index contributed by atoms with van der Waals surface area (Å²) < 4.78 is 0. The van der Waals surface area contributed by atoms with Crippen LogP contribution in [0.1, 0.15) is 43.7 Å². The lowest BCUT2D eigenvalue weighted by Gasteiger charge is -2.16. The summed E-state index contributed by atoms with van der Waals surface area (Å²) in [5, 5.41) is 11.3. The van der Waals surface area contributed by atoms with Gasteiger partial charge < -0.3 is 16.0 Å². The van der Waals surface area contributed by atoms with Gasteiger partial charge in [0.15, 0.2) is 0 Å². The fourth-order valence-electron chi connectivity index (χ4n) is 2.31. The number of urea groups is 1. The second-order valence-corrected chi connectivity index (χ2v) is 6.79. The maximum absolute atomic E-state index is 11.7. The summed E-state index contributed by atoms with van der Waals surface area (Å²) in [6, 6.07) is 12.6. The first-order chi connectivity index (χ1) is 11.1. The van der Waals surface area contributed by atoms with E-state index in [0.717, 1.165) is 18.7 Å². The topological polar surface area (TPSA) is 53.2 Å². The van der Waals surface area contributed by atoms with Crippen molar-refractivity contribution >= 4 is 23.1 Å². The molecule has 4 nitrogen and oxygen atoms in total. The summed E-state index contributed by atoms with van der Waals surface area (Å²) in [5.74, 6) is 0. The Morgan fingerprint density at radius 2 is 1.91 bits per heavy atom. The van der Waals surface area contributed by atoms with Gasteiger partial charge in [-0.2, -0.15) is 0 Å². The second-order valence-electron chi connectivity index (χ2n) is 5.81. The minimum Gasteiger partial charge on any atom is -0.336 e. The SMILES string of the molecule is CC[C@@H](NCc1ccc(NC(=O)NC(C)C)cc1)c1cccs1. The van der Waals surface area contributed by atoms with Gasteiger partial charge in [-0.25, -0.2) is 4.79 Å². The second kappa shape index (κ2) is 8.70. The molecule has 0 spiro atoms. The Balaban J connectivity index is 1.86. The quantitative estimate of drug-likeness (QED) is 0.699. The first kappa shape index (κ1) is 17.5. The summed E-state index contributed by atoms with van der Waals surface area (Å²) in [6.45, 7) is 6.88. The van der Waals surface area contributed by atoms with Gasteiger partial charge in [0.25, 0.3) is 0 Å². The largest absolute Gasteiger partial charge is 0.336 e. The highest BCUT2D eigenvalue weighted by Crippen LogP contribution is 2.22. The molecule has 2 rings (SSSR count). The van der Waals surface area contributed by atoms with Crippen molar-refractivity contribution in [2.45, 2.75) is 45.8 Å². The maximum Gasteiger partial charge on any atom is 0.319 e. The molecule has 0 unspecified atom stereocenters. The number of thiophene rings is 1. The van der Waals surface area contributed by atoms with E-state index in [1.807, 2.05) is 38.1 Å². The van der Waals surface area contributed by atoms with Crippen LogP contribution in [0.5, 0.6) is 0 Å². The number of benzene rings is 1. The average molecular weight is 331 g/mol.